The highest BCUT2D eigenvalue weighted by molar-refractivity contribution is 5.83. The fraction of sp³-hybridized carbons (Fsp3) is 0.588. The predicted molar refractivity (Wildman–Crippen MR) is 84.2 cm³/mol. The number of nitrogens with zero attached hydrogens (tertiary/aromatic N) is 2. The summed E-state index contributed by atoms with van der Waals surface area (Å²) in [5.41, 5.74) is 1.98. The molecule has 2 rings (SSSR count). The number of hydrogen-bond donors (Lipinski definition) is 0. The van der Waals surface area contributed by atoms with Crippen molar-refractivity contribution in [2.24, 2.45) is 0 Å². The molecule has 1 fully saturated rings. The van der Waals surface area contributed by atoms with Crippen LogP contribution in [0.25, 0.3) is 0 Å². The molecule has 0 N–H and O–H groups in total. The highest BCUT2D eigenvalue weighted by atomic mass is 16.5. The summed E-state index contributed by atoms with van der Waals surface area (Å²) in [6.45, 7) is 8.03. The number of morpholine rings is 1. The molecule has 1 heterocycles. The lowest BCUT2D eigenvalue weighted by Gasteiger charge is -2.40. The van der Waals surface area contributed by atoms with E-state index in [1.165, 1.54) is 5.56 Å². The first-order chi connectivity index (χ1) is 9.80. The van der Waals surface area contributed by atoms with Crippen LogP contribution in [0.3, 0.4) is 0 Å². The molecule has 0 aliphatic carbocycles. The fourth-order valence-electron chi connectivity index (χ4n) is 2.79. The topological polar surface area (TPSA) is 32.8 Å². The van der Waals surface area contributed by atoms with Crippen LogP contribution in [-0.2, 0) is 9.53 Å². The highest BCUT2D eigenvalue weighted by Gasteiger charge is 2.34. The molecule has 0 saturated carbocycles. The van der Waals surface area contributed by atoms with Crippen LogP contribution in [0, 0.1) is 6.92 Å². The van der Waals surface area contributed by atoms with Gasteiger partial charge < -0.3 is 9.64 Å². The molecule has 1 unspecified atom stereocenters. The van der Waals surface area contributed by atoms with Crippen molar-refractivity contribution in [3.63, 3.8) is 0 Å². The minimum atomic E-state index is -0.266. The molecule has 4 heteroatoms. The summed E-state index contributed by atoms with van der Waals surface area (Å²) in [6, 6.07) is 7.97. The largest absolute Gasteiger partial charge is 0.372 e. The predicted octanol–water partition coefficient (Wildman–Crippen LogP) is 2.24. The normalized spacial score (nSPS) is 19.6. The van der Waals surface area contributed by atoms with Crippen molar-refractivity contribution in [3.05, 3.63) is 35.4 Å². The zero-order valence-corrected chi connectivity index (χ0v) is 13.7. The molecule has 1 amide bonds. The Hall–Kier alpha value is -1.39. The maximum Gasteiger partial charge on any atom is 0.244 e. The van der Waals surface area contributed by atoms with Crippen molar-refractivity contribution in [2.45, 2.75) is 32.4 Å². The molecule has 1 aliphatic rings. The van der Waals surface area contributed by atoms with E-state index in [1.54, 1.807) is 0 Å². The number of ether oxygens (including phenoxy) is 1. The van der Waals surface area contributed by atoms with Gasteiger partial charge in [-0.05, 0) is 40.4 Å². The molecule has 21 heavy (non-hydrogen) atoms. The third-order valence-corrected chi connectivity index (χ3v) is 3.88. The summed E-state index contributed by atoms with van der Waals surface area (Å²) in [7, 11) is 3.90. The lowest BCUT2D eigenvalue weighted by Crippen LogP contribution is -2.53. The first-order valence-corrected chi connectivity index (χ1v) is 7.46. The van der Waals surface area contributed by atoms with Gasteiger partial charge in [-0.25, -0.2) is 0 Å². The first-order valence-electron chi connectivity index (χ1n) is 7.46. The lowest BCUT2D eigenvalue weighted by atomic mass is 10.0. The molecular formula is C17H26N2O2. The van der Waals surface area contributed by atoms with Crippen LogP contribution in [0.5, 0.6) is 0 Å². The summed E-state index contributed by atoms with van der Waals surface area (Å²) in [6.07, 6.45) is 0. The second-order valence-corrected chi connectivity index (χ2v) is 6.64. The van der Waals surface area contributed by atoms with Crippen molar-refractivity contribution in [3.8, 4) is 0 Å². The number of benzene rings is 1. The number of rotatable bonds is 3. The van der Waals surface area contributed by atoms with Crippen LogP contribution in [0.2, 0.25) is 0 Å². The molecule has 1 saturated heterocycles. The second-order valence-electron chi connectivity index (χ2n) is 6.64. The zero-order chi connectivity index (χ0) is 15.6. The van der Waals surface area contributed by atoms with E-state index < -0.39 is 0 Å². The number of carbonyl (C=O) groups excluding carboxylic acids is 1. The van der Waals surface area contributed by atoms with Crippen LogP contribution in [0.15, 0.2) is 24.3 Å². The van der Waals surface area contributed by atoms with Gasteiger partial charge in [-0.2, -0.15) is 0 Å². The van der Waals surface area contributed by atoms with Gasteiger partial charge in [0.05, 0.1) is 12.2 Å². The van der Waals surface area contributed by atoms with Gasteiger partial charge >= 0.3 is 0 Å². The monoisotopic (exact) mass is 290 g/mol. The van der Waals surface area contributed by atoms with Crippen molar-refractivity contribution < 1.29 is 9.53 Å². The average Bonchev–Trinajstić information content (AvgIpc) is 2.39. The number of aryl methyl sites for hydroxylation is 1. The molecule has 116 valence electrons. The Balaban J connectivity index is 2.22. The van der Waals surface area contributed by atoms with Crippen LogP contribution < -0.4 is 0 Å². The SMILES string of the molecule is Cc1ccc(C(C(=O)N2CCOC(C)(C)C2)N(C)C)cc1. The smallest absolute Gasteiger partial charge is 0.244 e. The molecule has 0 aromatic heterocycles. The molecule has 1 aromatic carbocycles. The Labute approximate surface area is 127 Å². The van der Waals surface area contributed by atoms with Crippen molar-refractivity contribution in [2.75, 3.05) is 33.8 Å². The van der Waals surface area contributed by atoms with Crippen molar-refractivity contribution in [1.29, 1.82) is 0 Å². The Morgan fingerprint density at radius 2 is 1.90 bits per heavy atom. The quantitative estimate of drug-likeness (QED) is 0.856. The third kappa shape index (κ3) is 3.83. The van der Waals surface area contributed by atoms with E-state index in [1.807, 2.05) is 49.9 Å². The van der Waals surface area contributed by atoms with Gasteiger partial charge in [-0.1, -0.05) is 29.8 Å². The molecule has 0 spiro atoms. The number of likely N-dealkylation sites (N-methyl/N-ethyl adjacent to an activating group) is 1. The van der Waals surface area contributed by atoms with Gasteiger partial charge in [0, 0.05) is 13.1 Å². The number of amides is 1. The molecule has 0 bridgehead atoms. The molecule has 4 nitrogen and oxygen atoms in total. The van der Waals surface area contributed by atoms with Crippen LogP contribution in [0.1, 0.15) is 31.0 Å². The Morgan fingerprint density at radius 3 is 2.43 bits per heavy atom. The van der Waals surface area contributed by atoms with E-state index in [-0.39, 0.29) is 17.6 Å². The van der Waals surface area contributed by atoms with E-state index >= 15 is 0 Å². The average molecular weight is 290 g/mol. The van der Waals surface area contributed by atoms with Gasteiger partial charge in [0.25, 0.3) is 0 Å². The van der Waals surface area contributed by atoms with Crippen LogP contribution >= 0.6 is 0 Å². The third-order valence-electron chi connectivity index (χ3n) is 3.88. The Bertz CT molecular complexity index is 494. The van der Waals surface area contributed by atoms with Gasteiger partial charge in [-0.3, -0.25) is 9.69 Å². The molecule has 0 radical (unpaired) electrons. The maximum atomic E-state index is 12.9. The van der Waals surface area contributed by atoms with E-state index in [0.29, 0.717) is 19.7 Å². The van der Waals surface area contributed by atoms with Crippen LogP contribution in [0.4, 0.5) is 0 Å². The van der Waals surface area contributed by atoms with Gasteiger partial charge in [-0.15, -0.1) is 0 Å². The highest BCUT2D eigenvalue weighted by Crippen LogP contribution is 2.25. The van der Waals surface area contributed by atoms with Crippen molar-refractivity contribution in [1.82, 2.24) is 9.80 Å². The maximum absolute atomic E-state index is 12.9. The number of carbonyl (C=O) groups is 1. The second kappa shape index (κ2) is 6.16. The van der Waals surface area contributed by atoms with E-state index in [2.05, 4.69) is 19.1 Å². The van der Waals surface area contributed by atoms with E-state index in [4.69, 9.17) is 4.74 Å². The van der Waals surface area contributed by atoms with Crippen LogP contribution in [-0.4, -0.2) is 55.1 Å². The number of hydrogen-bond acceptors (Lipinski definition) is 3. The molecule has 1 aliphatic heterocycles. The van der Waals surface area contributed by atoms with Gasteiger partial charge in [0.1, 0.15) is 6.04 Å². The summed E-state index contributed by atoms with van der Waals surface area (Å²) in [4.78, 5) is 16.8. The zero-order valence-electron chi connectivity index (χ0n) is 13.7. The summed E-state index contributed by atoms with van der Waals surface area (Å²) >= 11 is 0. The molecule has 1 aromatic rings. The van der Waals surface area contributed by atoms with E-state index in [9.17, 15) is 4.79 Å². The minimum absolute atomic E-state index is 0.153. The summed E-state index contributed by atoms with van der Waals surface area (Å²) in [5, 5.41) is 0. The summed E-state index contributed by atoms with van der Waals surface area (Å²) in [5.74, 6) is 0.153. The standard InChI is InChI=1S/C17H26N2O2/c1-13-6-8-14(9-7-13)15(18(4)5)16(20)19-10-11-21-17(2,3)12-19/h6-9,15H,10-12H2,1-5H3. The molecule has 1 atom stereocenters. The van der Waals surface area contributed by atoms with Gasteiger partial charge in [0.15, 0.2) is 0 Å². The van der Waals surface area contributed by atoms with Gasteiger partial charge in [0.2, 0.25) is 5.91 Å². The molecular weight excluding hydrogens is 264 g/mol. The fourth-order valence-corrected chi connectivity index (χ4v) is 2.79. The summed E-state index contributed by atoms with van der Waals surface area (Å²) < 4.78 is 5.70. The van der Waals surface area contributed by atoms with E-state index in [0.717, 1.165) is 5.56 Å². The minimum Gasteiger partial charge on any atom is -0.372 e. The Kier molecular flexibility index (Phi) is 4.69. The lowest BCUT2D eigenvalue weighted by molar-refractivity contribution is -0.150. The first kappa shape index (κ1) is 16.0. The Morgan fingerprint density at radius 1 is 1.29 bits per heavy atom. The van der Waals surface area contributed by atoms with Crippen molar-refractivity contribution >= 4 is 5.91 Å².